The first kappa shape index (κ1) is 7.06. The third-order valence-electron chi connectivity index (χ3n) is 2.95. The van der Waals surface area contributed by atoms with Crippen molar-refractivity contribution in [3.05, 3.63) is 35.5 Å². The largest absolute Gasteiger partial charge is 0.361 e. The van der Waals surface area contributed by atoms with Crippen LogP contribution in [0.4, 0.5) is 0 Å². The lowest BCUT2D eigenvalue weighted by Gasteiger charge is -2.08. The average molecular weight is 304 g/mol. The molecule has 2 rings (SSSR count). The number of sulfonamides is 1. The predicted octanol–water partition coefficient (Wildman–Crippen LogP) is 1.32. The fraction of sp³-hybridized carbons (Fsp3) is 0.429. The van der Waals surface area contributed by atoms with E-state index < -0.39 is 36.7 Å². The summed E-state index contributed by atoms with van der Waals surface area (Å²) in [5.74, 6) is -0.553. The molecule has 6 heteroatoms. The van der Waals surface area contributed by atoms with Gasteiger partial charge in [0.15, 0.2) is 0 Å². The molecule has 1 aromatic heterocycles. The number of nitrogens with zero attached hydrogens (tertiary/aromatic N) is 1. The molecule has 20 heavy (non-hydrogen) atoms. The van der Waals surface area contributed by atoms with Crippen LogP contribution in [0.5, 0.6) is 0 Å². The first-order valence-electron chi connectivity index (χ1n) is 10.4. The van der Waals surface area contributed by atoms with Gasteiger partial charge in [0.05, 0.1) is 5.75 Å². The molecule has 0 saturated carbocycles. The Balaban J connectivity index is 2.25. The van der Waals surface area contributed by atoms with Crippen LogP contribution in [0.15, 0.2) is 24.4 Å². The van der Waals surface area contributed by atoms with Gasteiger partial charge in [0.2, 0.25) is 10.0 Å². The van der Waals surface area contributed by atoms with Gasteiger partial charge >= 0.3 is 0 Å². The van der Waals surface area contributed by atoms with Gasteiger partial charge in [0.25, 0.3) is 0 Å². The van der Waals surface area contributed by atoms with E-state index in [2.05, 4.69) is 4.98 Å². The summed E-state index contributed by atoms with van der Waals surface area (Å²) in [6, 6.07) is 4.69. The monoisotopic (exact) mass is 304 g/mol. The van der Waals surface area contributed by atoms with E-state index in [1.807, 2.05) is 0 Å². The summed E-state index contributed by atoms with van der Waals surface area (Å²) in [7, 11) is -4.10. The topological polar surface area (TPSA) is 65.2 Å². The quantitative estimate of drug-likeness (QED) is 0.846. The van der Waals surface area contributed by atoms with Gasteiger partial charge in [-0.3, -0.25) is 0 Å². The van der Waals surface area contributed by atoms with Gasteiger partial charge in [-0.25, -0.2) is 13.1 Å². The number of aromatic amines is 1. The Morgan fingerprint density at radius 2 is 2.25 bits per heavy atom. The number of rotatable bonds is 6. The lowest BCUT2D eigenvalue weighted by molar-refractivity contribution is 0.414. The van der Waals surface area contributed by atoms with Crippen molar-refractivity contribution in [1.82, 2.24) is 14.6 Å². The number of likely N-dealkylation sites (N-methyl/N-ethyl adjacent to an activating group) is 1. The number of hydrogen-bond acceptors (Lipinski definition) is 3. The average Bonchev–Trinajstić information content (AvgIpc) is 2.84. The zero-order chi connectivity index (χ0) is 22.3. The van der Waals surface area contributed by atoms with E-state index in [0.717, 1.165) is 0 Å². The van der Waals surface area contributed by atoms with Crippen molar-refractivity contribution < 1.29 is 20.8 Å². The molecule has 0 atom stereocenters. The summed E-state index contributed by atoms with van der Waals surface area (Å²) < 4.78 is 91.2. The molecule has 0 radical (unpaired) electrons. The van der Waals surface area contributed by atoms with E-state index in [1.165, 1.54) is 6.07 Å². The van der Waals surface area contributed by atoms with Crippen molar-refractivity contribution in [2.45, 2.75) is 12.2 Å². The number of benzene rings is 1. The summed E-state index contributed by atoms with van der Waals surface area (Å²) in [5.41, 5.74) is 1.60. The van der Waals surface area contributed by atoms with E-state index >= 15 is 0 Å². The van der Waals surface area contributed by atoms with Crippen LogP contribution in [0.1, 0.15) is 23.5 Å². The van der Waals surface area contributed by atoms with Crippen LogP contribution in [0.2, 0.25) is 0 Å². The van der Waals surface area contributed by atoms with Crippen molar-refractivity contribution in [2.75, 3.05) is 27.5 Å². The highest BCUT2D eigenvalue weighted by atomic mass is 32.2. The molecular formula is C14H21N3O2S. The first-order valence-corrected chi connectivity index (χ1v) is 7.51. The molecule has 1 aromatic carbocycles. The van der Waals surface area contributed by atoms with Crippen molar-refractivity contribution in [2.24, 2.45) is 0 Å². The maximum Gasteiger partial charge on any atom is 0.215 e. The maximum absolute atomic E-state index is 12.0. The highest BCUT2D eigenvalue weighted by Crippen LogP contribution is 2.21. The van der Waals surface area contributed by atoms with Gasteiger partial charge in [0, 0.05) is 36.0 Å². The second-order valence-electron chi connectivity index (χ2n) is 4.46. The zero-order valence-corrected chi connectivity index (χ0v) is 11.4. The molecule has 2 N–H and O–H groups in total. The Bertz CT molecular complexity index is 947. The number of hydrogen-bond donors (Lipinski definition) is 2. The standard InChI is InChI=1S/C14H21N3O2S/c1-15-20(18,19)10-11-4-5-14-13(8-11)12(9-16-14)6-7-17(2)3/h4-5,8-9,15-16H,6-7,10H2,1-3H3/i1D3,2D3,3D3. The summed E-state index contributed by atoms with van der Waals surface area (Å²) in [6.45, 7) is -8.69. The van der Waals surface area contributed by atoms with Crippen LogP contribution in [-0.2, 0) is 22.2 Å². The lowest BCUT2D eigenvalue weighted by Crippen LogP contribution is -2.20. The lowest BCUT2D eigenvalue weighted by atomic mass is 10.1. The van der Waals surface area contributed by atoms with Crippen molar-refractivity contribution >= 4 is 20.9 Å². The molecular weight excluding hydrogens is 274 g/mol. The molecule has 2 aromatic rings. The molecule has 0 aliphatic carbocycles. The fourth-order valence-corrected chi connectivity index (χ4v) is 2.70. The fourth-order valence-electron chi connectivity index (χ4n) is 2.01. The summed E-state index contributed by atoms with van der Waals surface area (Å²) in [6.07, 6.45) is 1.70. The Morgan fingerprint density at radius 3 is 3.00 bits per heavy atom. The Labute approximate surface area is 132 Å². The van der Waals surface area contributed by atoms with Crippen LogP contribution in [0, 0.1) is 0 Å². The van der Waals surface area contributed by atoms with E-state index in [0.29, 0.717) is 26.9 Å². The van der Waals surface area contributed by atoms with Gasteiger partial charge in [-0.1, -0.05) is 6.07 Å². The van der Waals surface area contributed by atoms with Crippen LogP contribution in [0.25, 0.3) is 10.9 Å². The zero-order valence-electron chi connectivity index (χ0n) is 19.6. The molecule has 0 fully saturated rings. The van der Waals surface area contributed by atoms with Crippen molar-refractivity contribution in [3.8, 4) is 0 Å². The maximum atomic E-state index is 12.0. The van der Waals surface area contributed by atoms with E-state index in [-0.39, 0.29) is 13.0 Å². The highest BCUT2D eigenvalue weighted by Gasteiger charge is 2.11. The summed E-state index contributed by atoms with van der Waals surface area (Å²) in [5, 5.41) is 0.600. The molecule has 0 saturated heterocycles. The van der Waals surface area contributed by atoms with Crippen LogP contribution in [0.3, 0.4) is 0 Å². The molecule has 0 amide bonds. The molecule has 0 unspecified atom stereocenters. The van der Waals surface area contributed by atoms with Gasteiger partial charge < -0.3 is 9.88 Å². The Kier molecular flexibility index (Phi) is 2.10. The normalized spacial score (nSPS) is 20.9. The van der Waals surface area contributed by atoms with Gasteiger partial charge in [0.1, 0.15) is 0 Å². The molecule has 0 spiro atoms. The van der Waals surface area contributed by atoms with Crippen molar-refractivity contribution in [3.63, 3.8) is 0 Å². The van der Waals surface area contributed by atoms with Gasteiger partial charge in [-0.05, 0) is 50.6 Å². The number of aromatic nitrogens is 1. The minimum atomic E-state index is -4.10. The van der Waals surface area contributed by atoms with E-state index in [4.69, 9.17) is 12.3 Å². The highest BCUT2D eigenvalue weighted by molar-refractivity contribution is 7.88. The van der Waals surface area contributed by atoms with Gasteiger partial charge in [-0.15, -0.1) is 0 Å². The van der Waals surface area contributed by atoms with E-state index in [9.17, 15) is 8.42 Å². The minimum absolute atomic E-state index is 0.0977. The van der Waals surface area contributed by atoms with Crippen molar-refractivity contribution in [1.29, 1.82) is 0 Å². The summed E-state index contributed by atoms with van der Waals surface area (Å²) >= 11 is 0. The van der Waals surface area contributed by atoms with Crippen LogP contribution < -0.4 is 4.72 Å². The molecule has 0 aliphatic heterocycles. The Hall–Kier alpha value is -1.37. The second kappa shape index (κ2) is 5.95. The SMILES string of the molecule is [2H]C([2H])([2H])NS(=O)(=O)Cc1ccc2[nH]cc(CCN(C([2H])([2H])[2H])C([2H])([2H])[2H])c2c1. The minimum Gasteiger partial charge on any atom is -0.361 e. The Morgan fingerprint density at radius 1 is 1.40 bits per heavy atom. The molecule has 1 heterocycles. The molecule has 5 nitrogen and oxygen atoms in total. The third kappa shape index (κ3) is 3.59. The van der Waals surface area contributed by atoms with Gasteiger partial charge in [-0.2, -0.15) is 0 Å². The van der Waals surface area contributed by atoms with E-state index in [1.54, 1.807) is 23.1 Å². The predicted molar refractivity (Wildman–Crippen MR) is 82.2 cm³/mol. The molecule has 0 bridgehead atoms. The molecule has 0 aliphatic rings. The second-order valence-corrected chi connectivity index (χ2v) is 6.18. The smallest absolute Gasteiger partial charge is 0.215 e. The summed E-state index contributed by atoms with van der Waals surface area (Å²) in [4.78, 5) is 3.41. The van der Waals surface area contributed by atoms with Crippen LogP contribution >= 0.6 is 0 Å². The number of H-pyrrole nitrogens is 1. The first-order chi connectivity index (χ1) is 13.0. The molecule has 110 valence electrons. The van der Waals surface area contributed by atoms with Crippen LogP contribution in [-0.4, -0.2) is 45.8 Å². The third-order valence-corrected chi connectivity index (χ3v) is 3.97. The number of nitrogens with one attached hydrogen (secondary N) is 2. The number of fused-ring (bicyclic) bond motifs is 1.